The molecule has 0 radical (unpaired) electrons. The quantitative estimate of drug-likeness (QED) is 0.651. The lowest BCUT2D eigenvalue weighted by Crippen LogP contribution is -2.22. The molecule has 0 bridgehead atoms. The topological polar surface area (TPSA) is 84.5 Å². The average molecular weight is 403 g/mol. The Labute approximate surface area is 169 Å². The van der Waals surface area contributed by atoms with E-state index < -0.39 is 18.5 Å². The number of amides is 2. The van der Waals surface area contributed by atoms with Gasteiger partial charge in [-0.1, -0.05) is 42.8 Å². The fraction of sp³-hybridized carbons (Fsp3) is 0.286. The number of carbonyl (C=O) groups excluding carboxylic acids is 3. The zero-order valence-electron chi connectivity index (χ0n) is 15.9. The highest BCUT2D eigenvalue weighted by Gasteiger charge is 2.12. The summed E-state index contributed by atoms with van der Waals surface area (Å²) in [5.74, 6) is -1.37. The Morgan fingerprint density at radius 3 is 2.36 bits per heavy atom. The molecule has 2 rings (SSSR count). The molecular weight excluding hydrogens is 380 g/mol. The fourth-order valence-electron chi connectivity index (χ4n) is 2.53. The third-order valence-electron chi connectivity index (χ3n) is 4.13. The van der Waals surface area contributed by atoms with E-state index in [1.807, 2.05) is 31.2 Å². The van der Waals surface area contributed by atoms with Gasteiger partial charge in [0.05, 0.1) is 6.42 Å². The van der Waals surface area contributed by atoms with Gasteiger partial charge in [-0.05, 0) is 42.7 Å². The van der Waals surface area contributed by atoms with Crippen LogP contribution in [0.5, 0.6) is 0 Å². The number of nitrogens with one attached hydrogen (secondary N) is 2. The van der Waals surface area contributed by atoms with Crippen LogP contribution in [0.25, 0.3) is 0 Å². The zero-order valence-corrected chi connectivity index (χ0v) is 16.6. The summed E-state index contributed by atoms with van der Waals surface area (Å²) in [5.41, 5.74) is 3.04. The van der Waals surface area contributed by atoms with Crippen molar-refractivity contribution in [2.75, 3.05) is 17.2 Å². The molecule has 7 heteroatoms. The van der Waals surface area contributed by atoms with Gasteiger partial charge in [-0.2, -0.15) is 0 Å². The molecule has 2 amide bonds. The number of ether oxygens (including phenoxy) is 1. The maximum Gasteiger partial charge on any atom is 0.306 e. The van der Waals surface area contributed by atoms with Crippen LogP contribution in [0.4, 0.5) is 11.4 Å². The molecule has 0 heterocycles. The largest absolute Gasteiger partial charge is 0.456 e. The predicted octanol–water partition coefficient (Wildman–Crippen LogP) is 4.11. The van der Waals surface area contributed by atoms with Gasteiger partial charge in [-0.25, -0.2) is 0 Å². The Hall–Kier alpha value is -2.86. The second-order valence-corrected chi connectivity index (χ2v) is 6.59. The lowest BCUT2D eigenvalue weighted by atomic mass is 10.1. The van der Waals surface area contributed by atoms with Crippen LogP contribution in [0.15, 0.2) is 42.5 Å². The van der Waals surface area contributed by atoms with E-state index in [0.717, 1.165) is 23.2 Å². The minimum absolute atomic E-state index is 0.0219. The van der Waals surface area contributed by atoms with Gasteiger partial charge in [-0.3, -0.25) is 14.4 Å². The standard InChI is InChI=1S/C21H23ClN2O4/c1-3-15-7-4-5-9-18(15)24-19(25)11-12-21(27)28-13-20(26)23-17-10-6-8-16(22)14(17)2/h4-10H,3,11-13H2,1-2H3,(H,23,26)(H,24,25). The first-order chi connectivity index (χ1) is 13.4. The minimum Gasteiger partial charge on any atom is -0.456 e. The fourth-order valence-corrected chi connectivity index (χ4v) is 2.70. The number of anilines is 2. The van der Waals surface area contributed by atoms with Crippen molar-refractivity contribution >= 4 is 40.8 Å². The molecule has 2 N–H and O–H groups in total. The third-order valence-corrected chi connectivity index (χ3v) is 4.54. The molecule has 0 spiro atoms. The lowest BCUT2D eigenvalue weighted by Gasteiger charge is -2.10. The molecule has 2 aromatic carbocycles. The summed E-state index contributed by atoms with van der Waals surface area (Å²) in [6.07, 6.45) is 0.662. The van der Waals surface area contributed by atoms with E-state index in [-0.39, 0.29) is 18.7 Å². The molecular formula is C21H23ClN2O4. The highest BCUT2D eigenvalue weighted by Crippen LogP contribution is 2.22. The summed E-state index contributed by atoms with van der Waals surface area (Å²) in [5, 5.41) is 5.96. The molecule has 0 aliphatic rings. The Kier molecular flexibility index (Phi) is 8.02. The van der Waals surface area contributed by atoms with Gasteiger partial charge >= 0.3 is 5.97 Å². The van der Waals surface area contributed by atoms with E-state index in [0.29, 0.717) is 10.7 Å². The van der Waals surface area contributed by atoms with Gasteiger partial charge in [0.15, 0.2) is 6.61 Å². The van der Waals surface area contributed by atoms with Gasteiger partial charge in [-0.15, -0.1) is 0 Å². The molecule has 0 unspecified atom stereocenters. The van der Waals surface area contributed by atoms with Crippen molar-refractivity contribution in [1.29, 1.82) is 0 Å². The summed E-state index contributed by atoms with van der Waals surface area (Å²) in [6.45, 7) is 3.35. The predicted molar refractivity (Wildman–Crippen MR) is 109 cm³/mol. The van der Waals surface area contributed by atoms with Crippen molar-refractivity contribution in [1.82, 2.24) is 0 Å². The van der Waals surface area contributed by atoms with E-state index in [9.17, 15) is 14.4 Å². The van der Waals surface area contributed by atoms with E-state index >= 15 is 0 Å². The molecule has 0 fully saturated rings. The summed E-state index contributed by atoms with van der Waals surface area (Å²) in [4.78, 5) is 35.7. The zero-order chi connectivity index (χ0) is 20.5. The van der Waals surface area contributed by atoms with Gasteiger partial charge in [0.1, 0.15) is 0 Å². The number of esters is 1. The minimum atomic E-state index is -0.614. The van der Waals surface area contributed by atoms with E-state index in [1.165, 1.54) is 0 Å². The van der Waals surface area contributed by atoms with Crippen LogP contribution in [-0.4, -0.2) is 24.4 Å². The summed E-state index contributed by atoms with van der Waals surface area (Å²) < 4.78 is 4.93. The van der Waals surface area contributed by atoms with Crippen LogP contribution in [0.2, 0.25) is 5.02 Å². The van der Waals surface area contributed by atoms with Crippen LogP contribution >= 0.6 is 11.6 Å². The number of benzene rings is 2. The number of aryl methyl sites for hydroxylation is 1. The van der Waals surface area contributed by atoms with Crippen molar-refractivity contribution in [2.45, 2.75) is 33.1 Å². The second kappa shape index (κ2) is 10.5. The molecule has 2 aromatic rings. The van der Waals surface area contributed by atoms with Crippen molar-refractivity contribution in [3.63, 3.8) is 0 Å². The third kappa shape index (κ3) is 6.39. The molecule has 0 atom stereocenters. The maximum absolute atomic E-state index is 12.0. The summed E-state index contributed by atoms with van der Waals surface area (Å²) >= 11 is 6.00. The Morgan fingerprint density at radius 1 is 0.929 bits per heavy atom. The molecule has 6 nitrogen and oxygen atoms in total. The summed E-state index contributed by atoms with van der Waals surface area (Å²) in [6, 6.07) is 12.6. The Bertz CT molecular complexity index is 867. The van der Waals surface area contributed by atoms with Crippen LogP contribution in [0.3, 0.4) is 0 Å². The SMILES string of the molecule is CCc1ccccc1NC(=O)CCC(=O)OCC(=O)Nc1cccc(Cl)c1C. The highest BCUT2D eigenvalue weighted by molar-refractivity contribution is 6.31. The molecule has 148 valence electrons. The van der Waals surface area contributed by atoms with Gasteiger partial charge in [0, 0.05) is 22.8 Å². The van der Waals surface area contributed by atoms with Crippen molar-refractivity contribution in [3.8, 4) is 0 Å². The lowest BCUT2D eigenvalue weighted by molar-refractivity contribution is -0.147. The Balaban J connectivity index is 1.74. The smallest absolute Gasteiger partial charge is 0.306 e. The number of hydrogen-bond acceptors (Lipinski definition) is 4. The van der Waals surface area contributed by atoms with Gasteiger partial charge in [0.25, 0.3) is 5.91 Å². The molecule has 0 saturated heterocycles. The van der Waals surface area contributed by atoms with E-state index in [4.69, 9.17) is 16.3 Å². The first-order valence-electron chi connectivity index (χ1n) is 8.99. The van der Waals surface area contributed by atoms with Crippen molar-refractivity contribution in [2.24, 2.45) is 0 Å². The van der Waals surface area contributed by atoms with Crippen molar-refractivity contribution < 1.29 is 19.1 Å². The van der Waals surface area contributed by atoms with E-state index in [1.54, 1.807) is 25.1 Å². The number of para-hydroxylation sites is 1. The monoisotopic (exact) mass is 402 g/mol. The number of rotatable bonds is 8. The van der Waals surface area contributed by atoms with Crippen LogP contribution in [-0.2, 0) is 25.5 Å². The van der Waals surface area contributed by atoms with Gasteiger partial charge in [0.2, 0.25) is 5.91 Å². The first-order valence-corrected chi connectivity index (χ1v) is 9.36. The number of hydrogen-bond donors (Lipinski definition) is 2. The number of carbonyl (C=O) groups is 3. The molecule has 0 aromatic heterocycles. The molecule has 0 aliphatic heterocycles. The maximum atomic E-state index is 12.0. The summed E-state index contributed by atoms with van der Waals surface area (Å²) in [7, 11) is 0. The van der Waals surface area contributed by atoms with Crippen molar-refractivity contribution in [3.05, 3.63) is 58.6 Å². The first kappa shape index (κ1) is 21.4. The van der Waals surface area contributed by atoms with E-state index in [2.05, 4.69) is 10.6 Å². The Morgan fingerprint density at radius 2 is 1.61 bits per heavy atom. The van der Waals surface area contributed by atoms with Crippen LogP contribution in [0, 0.1) is 6.92 Å². The molecule has 0 aliphatic carbocycles. The van der Waals surface area contributed by atoms with Gasteiger partial charge < -0.3 is 15.4 Å². The molecule has 0 saturated carbocycles. The number of halogens is 1. The highest BCUT2D eigenvalue weighted by atomic mass is 35.5. The molecule has 28 heavy (non-hydrogen) atoms. The second-order valence-electron chi connectivity index (χ2n) is 6.18. The average Bonchev–Trinajstić information content (AvgIpc) is 2.68. The normalized spacial score (nSPS) is 10.2. The van der Waals surface area contributed by atoms with Crippen LogP contribution in [0.1, 0.15) is 30.9 Å². The van der Waals surface area contributed by atoms with Crippen LogP contribution < -0.4 is 10.6 Å².